The van der Waals surface area contributed by atoms with E-state index in [9.17, 15) is 30.0 Å². The summed E-state index contributed by atoms with van der Waals surface area (Å²) >= 11 is 0. The first-order chi connectivity index (χ1) is 24.0. The summed E-state index contributed by atoms with van der Waals surface area (Å²) in [5, 5.41) is 48.3. The second-order valence-electron chi connectivity index (χ2n) is 11.2. The molecular weight excluding hydrogens is 695 g/mol. The summed E-state index contributed by atoms with van der Waals surface area (Å²) in [7, 11) is 0. The largest absolute Gasteiger partial charge is 0.493 e. The maximum absolute atomic E-state index is 11.4. The molecule has 0 aliphatic heterocycles. The van der Waals surface area contributed by atoms with E-state index in [-0.39, 0.29) is 39.7 Å². The van der Waals surface area contributed by atoms with Gasteiger partial charge >= 0.3 is 11.9 Å². The van der Waals surface area contributed by atoms with Crippen molar-refractivity contribution in [2.45, 2.75) is 27.7 Å². The van der Waals surface area contributed by atoms with Crippen LogP contribution in [0.4, 0.5) is 11.4 Å². The summed E-state index contributed by atoms with van der Waals surface area (Å²) in [5.41, 5.74) is 5.74. The van der Waals surface area contributed by atoms with Gasteiger partial charge in [0.15, 0.2) is 0 Å². The van der Waals surface area contributed by atoms with Gasteiger partial charge in [-0.3, -0.25) is 9.98 Å². The molecule has 0 aliphatic rings. The van der Waals surface area contributed by atoms with E-state index < -0.39 is 11.9 Å². The third kappa shape index (κ3) is 8.29. The fourth-order valence-corrected chi connectivity index (χ4v) is 5.20. The minimum Gasteiger partial charge on any atom is -0.493 e. The quantitative estimate of drug-likeness (QED) is 0.118. The summed E-state index contributed by atoms with van der Waals surface area (Å²) in [5.74, 6) is -2.16. The van der Waals surface area contributed by atoms with Crippen LogP contribution >= 0.6 is 0 Å². The maximum atomic E-state index is 11.4. The molecule has 0 saturated carbocycles. The number of aromatic carboxylic acids is 2. The summed E-state index contributed by atoms with van der Waals surface area (Å²) in [6.07, 6.45) is 2.89. The molecule has 2 heterocycles. The van der Waals surface area contributed by atoms with Gasteiger partial charge in [-0.15, -0.1) is 0 Å². The van der Waals surface area contributed by atoms with Crippen LogP contribution in [0.15, 0.2) is 107 Å². The van der Waals surface area contributed by atoms with Gasteiger partial charge in [-0.05, 0) is 75.2 Å². The molecule has 51 heavy (non-hydrogen) atoms. The van der Waals surface area contributed by atoms with Gasteiger partial charge in [0, 0.05) is 29.2 Å². The van der Waals surface area contributed by atoms with E-state index in [2.05, 4.69) is 20.2 Å². The standard InChI is InChI=1S/2C19H17N3O3.Co/c2*1-12-7-6-10-16(17(12)19(24)25)20-11-15-13(2)21-22(18(15)23)14-8-4-3-5-9-14;/h2*3-11,23H,1-2H3,(H,24,25);. The third-order valence-corrected chi connectivity index (χ3v) is 7.76. The normalized spacial score (nSPS) is 10.9. The van der Waals surface area contributed by atoms with Crippen LogP contribution in [0.2, 0.25) is 0 Å². The molecule has 0 atom stereocenters. The minimum atomic E-state index is -1.04. The Morgan fingerprint density at radius 2 is 0.922 bits per heavy atom. The number of benzene rings is 4. The number of aromatic nitrogens is 4. The number of aromatic hydroxyl groups is 2. The Morgan fingerprint density at radius 1 is 0.569 bits per heavy atom. The number of carboxylic acids is 2. The van der Waals surface area contributed by atoms with Gasteiger partial charge in [0.05, 0.1) is 56.4 Å². The van der Waals surface area contributed by atoms with Crippen molar-refractivity contribution < 1.29 is 46.8 Å². The molecule has 0 unspecified atom stereocenters. The number of aliphatic imine (C=N–C) groups is 2. The Labute approximate surface area is 303 Å². The Kier molecular flexibility index (Phi) is 12.1. The van der Waals surface area contributed by atoms with Crippen LogP contribution in [0.25, 0.3) is 11.4 Å². The molecule has 4 aromatic carbocycles. The first kappa shape index (κ1) is 37.5. The van der Waals surface area contributed by atoms with Gasteiger partial charge in [-0.1, -0.05) is 60.7 Å². The monoisotopic (exact) mass is 729 g/mol. The molecule has 0 aliphatic carbocycles. The summed E-state index contributed by atoms with van der Waals surface area (Å²) in [6, 6.07) is 28.7. The summed E-state index contributed by atoms with van der Waals surface area (Å²) < 4.78 is 2.84. The van der Waals surface area contributed by atoms with E-state index in [1.54, 1.807) is 64.1 Å². The fourth-order valence-electron chi connectivity index (χ4n) is 5.20. The first-order valence-corrected chi connectivity index (χ1v) is 15.4. The van der Waals surface area contributed by atoms with Crippen molar-refractivity contribution in [1.29, 1.82) is 0 Å². The van der Waals surface area contributed by atoms with Crippen LogP contribution < -0.4 is 0 Å². The molecule has 0 amide bonds. The van der Waals surface area contributed by atoms with E-state index in [0.717, 1.165) is 11.4 Å². The van der Waals surface area contributed by atoms with E-state index in [1.807, 2.05) is 60.7 Å². The Morgan fingerprint density at radius 3 is 1.25 bits per heavy atom. The van der Waals surface area contributed by atoms with E-state index in [0.29, 0.717) is 45.0 Å². The number of carbonyl (C=O) groups is 2. The zero-order valence-electron chi connectivity index (χ0n) is 28.0. The smallest absolute Gasteiger partial charge is 0.338 e. The predicted molar refractivity (Wildman–Crippen MR) is 191 cm³/mol. The topological polar surface area (TPSA) is 175 Å². The van der Waals surface area contributed by atoms with Crippen molar-refractivity contribution in [2.75, 3.05) is 0 Å². The Hall–Kier alpha value is -6.31. The van der Waals surface area contributed by atoms with Gasteiger partial charge in [-0.2, -0.15) is 10.2 Å². The van der Waals surface area contributed by atoms with Crippen LogP contribution in [0.5, 0.6) is 11.8 Å². The first-order valence-electron chi connectivity index (χ1n) is 15.4. The molecule has 4 N–H and O–H groups in total. The van der Waals surface area contributed by atoms with Crippen LogP contribution in [0.1, 0.15) is 54.4 Å². The number of rotatable bonds is 8. The molecule has 0 saturated heterocycles. The number of hydrogen-bond donors (Lipinski definition) is 4. The molecule has 2 aromatic heterocycles. The van der Waals surface area contributed by atoms with Gasteiger partial charge in [0.25, 0.3) is 0 Å². The number of aryl methyl sites for hydroxylation is 4. The summed E-state index contributed by atoms with van der Waals surface area (Å²) in [6.45, 7) is 6.96. The molecule has 0 bridgehead atoms. The number of carboxylic acid groups (broad SMARTS) is 2. The van der Waals surface area contributed by atoms with Gasteiger partial charge in [0.1, 0.15) is 0 Å². The second kappa shape index (κ2) is 16.4. The molecular formula is C38H34CoN6O6. The molecule has 0 spiro atoms. The van der Waals surface area contributed by atoms with Gasteiger partial charge in [0.2, 0.25) is 11.8 Å². The van der Waals surface area contributed by atoms with Crippen LogP contribution in [0, 0.1) is 27.7 Å². The third-order valence-electron chi connectivity index (χ3n) is 7.76. The van der Waals surface area contributed by atoms with E-state index >= 15 is 0 Å². The van der Waals surface area contributed by atoms with Crippen molar-refractivity contribution in [3.8, 4) is 23.1 Å². The van der Waals surface area contributed by atoms with E-state index in [1.165, 1.54) is 21.8 Å². The SMILES string of the molecule is Cc1cccc(N=Cc2c(C)nn(-c3ccccc3)c2O)c1C(=O)O.Cc1cccc(N=Cc2c(C)nn(-c3ccccc3)c2O)c1C(=O)O.[Co]. The molecule has 6 rings (SSSR count). The Bertz CT molecular complexity index is 2090. The van der Waals surface area contributed by atoms with Crippen molar-refractivity contribution >= 4 is 35.7 Å². The van der Waals surface area contributed by atoms with Crippen molar-refractivity contribution in [3.63, 3.8) is 0 Å². The predicted octanol–water partition coefficient (Wildman–Crippen LogP) is 7.28. The van der Waals surface area contributed by atoms with Crippen molar-refractivity contribution in [1.82, 2.24) is 19.6 Å². The van der Waals surface area contributed by atoms with Crippen LogP contribution in [-0.4, -0.2) is 64.4 Å². The fraction of sp³-hybridized carbons (Fsp3) is 0.105. The zero-order valence-corrected chi connectivity index (χ0v) is 29.1. The van der Waals surface area contributed by atoms with E-state index in [4.69, 9.17) is 0 Å². The zero-order chi connectivity index (χ0) is 35.9. The van der Waals surface area contributed by atoms with Gasteiger partial charge < -0.3 is 20.4 Å². The molecule has 13 heteroatoms. The summed E-state index contributed by atoms with van der Waals surface area (Å²) in [4.78, 5) is 31.4. The molecule has 12 nitrogen and oxygen atoms in total. The average Bonchev–Trinajstić information content (AvgIpc) is 3.55. The average molecular weight is 730 g/mol. The molecule has 1 radical (unpaired) electrons. The maximum Gasteiger partial charge on any atom is 0.338 e. The van der Waals surface area contributed by atoms with Crippen molar-refractivity contribution in [2.24, 2.45) is 9.98 Å². The molecule has 0 fully saturated rings. The number of hydrogen-bond acceptors (Lipinski definition) is 8. The Balaban J connectivity index is 0.000000224. The van der Waals surface area contributed by atoms with Gasteiger partial charge in [-0.25, -0.2) is 19.0 Å². The minimum absolute atomic E-state index is 0. The molecule has 6 aromatic rings. The van der Waals surface area contributed by atoms with Crippen LogP contribution in [-0.2, 0) is 16.8 Å². The van der Waals surface area contributed by atoms with Crippen molar-refractivity contribution in [3.05, 3.63) is 142 Å². The second-order valence-corrected chi connectivity index (χ2v) is 11.2. The number of para-hydroxylation sites is 2. The molecule has 261 valence electrons. The number of nitrogens with zero attached hydrogens (tertiary/aromatic N) is 6. The van der Waals surface area contributed by atoms with Crippen LogP contribution in [0.3, 0.4) is 0 Å².